The van der Waals surface area contributed by atoms with Crippen LogP contribution < -0.4 is 26.0 Å². The molecule has 0 radical (unpaired) electrons. The van der Waals surface area contributed by atoms with Crippen molar-refractivity contribution in [3.63, 3.8) is 0 Å². The number of halogens is 1. The Morgan fingerprint density at radius 2 is 1.08 bits per heavy atom. The first kappa shape index (κ1) is 25.5. The van der Waals surface area contributed by atoms with E-state index in [0.29, 0.717) is 16.4 Å². The summed E-state index contributed by atoms with van der Waals surface area (Å²) in [7, 11) is -3.94. The zero-order valence-corrected chi connectivity index (χ0v) is 20.8. The third-order valence-electron chi connectivity index (χ3n) is 4.96. The van der Waals surface area contributed by atoms with Gasteiger partial charge < -0.3 is 21.3 Å². The lowest BCUT2D eigenvalue weighted by molar-refractivity contribution is 0.261. The molecule has 0 aromatic heterocycles. The highest BCUT2D eigenvalue weighted by molar-refractivity contribution is 7.92. The van der Waals surface area contributed by atoms with Crippen LogP contribution in [0, 0.1) is 0 Å². The van der Waals surface area contributed by atoms with Crippen molar-refractivity contribution in [2.75, 3.05) is 26.0 Å². The van der Waals surface area contributed by atoms with Gasteiger partial charge in [-0.25, -0.2) is 18.0 Å². The predicted molar refractivity (Wildman–Crippen MR) is 147 cm³/mol. The maximum Gasteiger partial charge on any atom is 0.323 e. The monoisotopic (exact) mass is 535 g/mol. The average Bonchev–Trinajstić information content (AvgIpc) is 2.87. The van der Waals surface area contributed by atoms with Crippen molar-refractivity contribution in [3.05, 3.63) is 108 Å². The first-order valence-corrected chi connectivity index (χ1v) is 12.8. The Bertz CT molecular complexity index is 1500. The van der Waals surface area contributed by atoms with Gasteiger partial charge in [-0.15, -0.1) is 0 Å². The average molecular weight is 536 g/mol. The van der Waals surface area contributed by atoms with Gasteiger partial charge in [-0.05, 0) is 66.7 Å². The van der Waals surface area contributed by atoms with Gasteiger partial charge in [0.15, 0.2) is 0 Å². The molecule has 4 aromatic carbocycles. The number of benzene rings is 4. The van der Waals surface area contributed by atoms with E-state index in [1.165, 1.54) is 42.5 Å². The van der Waals surface area contributed by atoms with Gasteiger partial charge in [-0.1, -0.05) is 48.0 Å². The van der Waals surface area contributed by atoms with Crippen LogP contribution in [0.1, 0.15) is 0 Å². The van der Waals surface area contributed by atoms with Crippen molar-refractivity contribution < 1.29 is 18.0 Å². The third kappa shape index (κ3) is 7.23. The largest absolute Gasteiger partial charge is 0.323 e. The normalized spacial score (nSPS) is 10.7. The van der Waals surface area contributed by atoms with Crippen molar-refractivity contribution in [1.82, 2.24) is 0 Å². The van der Waals surface area contributed by atoms with Gasteiger partial charge in [0.1, 0.15) is 0 Å². The lowest BCUT2D eigenvalue weighted by Gasteiger charge is -2.16. The highest BCUT2D eigenvalue weighted by Gasteiger charge is 2.17. The molecule has 5 N–H and O–H groups in total. The Labute approximate surface area is 218 Å². The van der Waals surface area contributed by atoms with E-state index in [-0.39, 0.29) is 22.0 Å². The number of amides is 4. The predicted octanol–water partition coefficient (Wildman–Crippen LogP) is 6.43. The van der Waals surface area contributed by atoms with Crippen LogP contribution in [0.2, 0.25) is 5.02 Å². The van der Waals surface area contributed by atoms with E-state index in [1.807, 2.05) is 12.1 Å². The number of hydrogen-bond donors (Lipinski definition) is 5. The van der Waals surface area contributed by atoms with Gasteiger partial charge in [0.2, 0.25) is 0 Å². The summed E-state index contributed by atoms with van der Waals surface area (Å²) in [5.41, 5.74) is 1.69. The van der Waals surface area contributed by atoms with Gasteiger partial charge in [0, 0.05) is 16.4 Å². The molecule has 0 atom stereocenters. The Morgan fingerprint density at radius 3 is 1.62 bits per heavy atom. The van der Waals surface area contributed by atoms with Crippen LogP contribution in [0.25, 0.3) is 0 Å². The molecule has 0 spiro atoms. The summed E-state index contributed by atoms with van der Waals surface area (Å²) in [6, 6.07) is 26.5. The van der Waals surface area contributed by atoms with Crippen LogP contribution >= 0.6 is 11.6 Å². The minimum atomic E-state index is -3.94. The number of hydrogen-bond acceptors (Lipinski definition) is 4. The van der Waals surface area contributed by atoms with Gasteiger partial charge in [0.25, 0.3) is 10.0 Å². The van der Waals surface area contributed by atoms with Crippen LogP contribution in [0.3, 0.4) is 0 Å². The van der Waals surface area contributed by atoms with E-state index in [1.54, 1.807) is 48.5 Å². The molecule has 4 aromatic rings. The number of anilines is 5. The van der Waals surface area contributed by atoms with E-state index in [4.69, 9.17) is 11.6 Å². The summed E-state index contributed by atoms with van der Waals surface area (Å²) < 4.78 is 28.1. The van der Waals surface area contributed by atoms with Crippen molar-refractivity contribution in [1.29, 1.82) is 0 Å². The molecule has 188 valence electrons. The number of carbonyl (C=O) groups is 2. The summed E-state index contributed by atoms with van der Waals surface area (Å²) in [4.78, 5) is 25.2. The minimum absolute atomic E-state index is 0.0117. The van der Waals surface area contributed by atoms with Crippen LogP contribution in [0.4, 0.5) is 38.0 Å². The SMILES string of the molecule is O=C(Nc1ccccc1)Nc1ccc(NS(=O)(=O)c2ccc(Cl)cc2)cc1NC(=O)Nc1ccccc1. The van der Waals surface area contributed by atoms with Crippen molar-refractivity contribution in [2.24, 2.45) is 0 Å². The van der Waals surface area contributed by atoms with Gasteiger partial charge in [-0.3, -0.25) is 4.72 Å². The molecule has 0 heterocycles. The molecule has 4 amide bonds. The summed E-state index contributed by atoms with van der Waals surface area (Å²) in [5, 5.41) is 11.1. The smallest absolute Gasteiger partial charge is 0.308 e. The highest BCUT2D eigenvalue weighted by Crippen LogP contribution is 2.28. The molecule has 9 nitrogen and oxygen atoms in total. The third-order valence-corrected chi connectivity index (χ3v) is 6.60. The Kier molecular flexibility index (Phi) is 7.92. The summed E-state index contributed by atoms with van der Waals surface area (Å²) in [6.07, 6.45) is 0. The second-order valence-electron chi connectivity index (χ2n) is 7.71. The molecule has 11 heteroatoms. The second-order valence-corrected chi connectivity index (χ2v) is 9.83. The summed E-state index contributed by atoms with van der Waals surface area (Å²) in [6.45, 7) is 0. The van der Waals surface area contributed by atoms with E-state index in [9.17, 15) is 18.0 Å². The maximum absolute atomic E-state index is 12.8. The standard InChI is InChI=1S/C26H22ClN5O4S/c27-18-11-14-22(15-12-18)37(35,36)32-21-13-16-23(30-25(33)28-19-7-3-1-4-8-19)24(17-21)31-26(34)29-20-9-5-2-6-10-20/h1-17,32H,(H2,28,30,33)(H2,29,31,34). The second kappa shape index (κ2) is 11.5. The molecule has 0 aliphatic heterocycles. The Balaban J connectivity index is 1.57. The highest BCUT2D eigenvalue weighted by atomic mass is 35.5. The lowest BCUT2D eigenvalue weighted by atomic mass is 10.2. The lowest BCUT2D eigenvalue weighted by Crippen LogP contribution is -2.23. The fraction of sp³-hybridized carbons (Fsp3) is 0. The van der Waals surface area contributed by atoms with E-state index < -0.39 is 22.1 Å². The zero-order chi connectivity index (χ0) is 26.3. The number of nitrogens with one attached hydrogen (secondary N) is 5. The van der Waals surface area contributed by atoms with E-state index >= 15 is 0 Å². The van der Waals surface area contributed by atoms with Gasteiger partial charge in [-0.2, -0.15) is 0 Å². The maximum atomic E-state index is 12.8. The van der Waals surface area contributed by atoms with Crippen molar-refractivity contribution in [3.8, 4) is 0 Å². The van der Waals surface area contributed by atoms with Crippen LogP contribution in [-0.4, -0.2) is 20.5 Å². The number of carbonyl (C=O) groups excluding carboxylic acids is 2. The molecule has 0 aliphatic carbocycles. The molecule has 0 aliphatic rings. The topological polar surface area (TPSA) is 128 Å². The Hall–Kier alpha value is -4.54. The molecular weight excluding hydrogens is 514 g/mol. The van der Waals surface area contributed by atoms with E-state index in [2.05, 4.69) is 26.0 Å². The molecule has 0 bridgehead atoms. The van der Waals surface area contributed by atoms with Gasteiger partial charge >= 0.3 is 12.1 Å². The van der Waals surface area contributed by atoms with Crippen molar-refractivity contribution >= 4 is 62.1 Å². The molecule has 0 saturated heterocycles. The molecule has 4 rings (SSSR count). The fourth-order valence-electron chi connectivity index (χ4n) is 3.26. The number of para-hydroxylation sites is 2. The minimum Gasteiger partial charge on any atom is -0.308 e. The molecule has 37 heavy (non-hydrogen) atoms. The number of urea groups is 2. The van der Waals surface area contributed by atoms with Gasteiger partial charge in [0.05, 0.1) is 22.0 Å². The van der Waals surface area contributed by atoms with Crippen molar-refractivity contribution in [2.45, 2.75) is 4.90 Å². The number of sulfonamides is 1. The summed E-state index contributed by atoms with van der Waals surface area (Å²) in [5.74, 6) is 0. The molecule has 0 unspecified atom stereocenters. The van der Waals surface area contributed by atoms with Crippen LogP contribution in [0.15, 0.2) is 108 Å². The molecule has 0 saturated carbocycles. The number of rotatable bonds is 7. The van der Waals surface area contributed by atoms with Crippen LogP contribution in [0.5, 0.6) is 0 Å². The van der Waals surface area contributed by atoms with E-state index in [0.717, 1.165) is 0 Å². The first-order chi connectivity index (χ1) is 17.8. The summed E-state index contributed by atoms with van der Waals surface area (Å²) >= 11 is 5.86. The van der Waals surface area contributed by atoms with Crippen LogP contribution in [-0.2, 0) is 10.0 Å². The Morgan fingerprint density at radius 1 is 0.568 bits per heavy atom. The molecular formula is C26H22ClN5O4S. The zero-order valence-electron chi connectivity index (χ0n) is 19.2. The first-order valence-electron chi connectivity index (χ1n) is 11.0. The fourth-order valence-corrected chi connectivity index (χ4v) is 4.44. The quantitative estimate of drug-likeness (QED) is 0.187. The molecule has 0 fully saturated rings.